The second-order valence-electron chi connectivity index (χ2n) is 6.19. The zero-order chi connectivity index (χ0) is 19.2. The van der Waals surface area contributed by atoms with Crippen molar-refractivity contribution in [2.75, 3.05) is 0 Å². The molecule has 1 aromatic carbocycles. The Balaban J connectivity index is 1.63. The molecular formula is C20H22N4O3. The third-order valence-electron chi connectivity index (χ3n) is 4.22. The molecule has 3 N–H and O–H groups in total. The lowest BCUT2D eigenvalue weighted by atomic mass is 10.1. The lowest BCUT2D eigenvalue weighted by molar-refractivity contribution is -0.123. The van der Waals surface area contributed by atoms with Crippen LogP contribution in [0.15, 0.2) is 59.3 Å². The summed E-state index contributed by atoms with van der Waals surface area (Å²) in [5.41, 5.74) is 1.91. The highest BCUT2D eigenvalue weighted by molar-refractivity contribution is 5.95. The Bertz CT molecular complexity index is 887. The number of hydrogen-bond acceptors (Lipinski definition) is 4. The number of aromatic amines is 1. The van der Waals surface area contributed by atoms with E-state index in [2.05, 4.69) is 20.6 Å². The summed E-state index contributed by atoms with van der Waals surface area (Å²) >= 11 is 0. The molecule has 140 valence electrons. The van der Waals surface area contributed by atoms with E-state index in [9.17, 15) is 9.59 Å². The van der Waals surface area contributed by atoms with Gasteiger partial charge in [0.2, 0.25) is 5.91 Å². The first-order valence-electron chi connectivity index (χ1n) is 8.83. The van der Waals surface area contributed by atoms with Gasteiger partial charge in [-0.2, -0.15) is 0 Å². The van der Waals surface area contributed by atoms with Crippen LogP contribution in [0.4, 0.5) is 0 Å². The van der Waals surface area contributed by atoms with E-state index < -0.39 is 11.9 Å². The summed E-state index contributed by atoms with van der Waals surface area (Å²) in [5, 5.41) is 5.54. The average molecular weight is 366 g/mol. The maximum atomic E-state index is 12.5. The molecular weight excluding hydrogens is 344 g/mol. The molecule has 3 aromatic rings. The van der Waals surface area contributed by atoms with Crippen LogP contribution in [0.1, 0.15) is 42.7 Å². The molecule has 0 aliphatic rings. The highest BCUT2D eigenvalue weighted by Crippen LogP contribution is 2.20. The fraction of sp³-hybridized carbons (Fsp3) is 0.250. The number of rotatable bonds is 7. The van der Waals surface area contributed by atoms with Crippen molar-refractivity contribution in [1.82, 2.24) is 20.6 Å². The molecule has 2 amide bonds. The minimum absolute atomic E-state index is 0.167. The highest BCUT2D eigenvalue weighted by atomic mass is 16.3. The summed E-state index contributed by atoms with van der Waals surface area (Å²) in [6, 6.07) is 12.0. The fourth-order valence-corrected chi connectivity index (χ4v) is 2.68. The zero-order valence-electron chi connectivity index (χ0n) is 15.2. The molecule has 0 bridgehead atoms. The van der Waals surface area contributed by atoms with Crippen molar-refractivity contribution < 1.29 is 14.0 Å². The number of hydrogen-bond donors (Lipinski definition) is 3. The molecule has 0 saturated heterocycles. The lowest BCUT2D eigenvalue weighted by Crippen LogP contribution is -2.45. The summed E-state index contributed by atoms with van der Waals surface area (Å²) in [7, 11) is 0. The van der Waals surface area contributed by atoms with E-state index in [4.69, 9.17) is 4.42 Å². The first-order chi connectivity index (χ1) is 13.1. The van der Waals surface area contributed by atoms with Gasteiger partial charge in [0.05, 0.1) is 24.2 Å². The summed E-state index contributed by atoms with van der Waals surface area (Å²) in [5.74, 6) is 0.119. The van der Waals surface area contributed by atoms with Gasteiger partial charge in [0.15, 0.2) is 5.76 Å². The molecule has 7 heteroatoms. The number of furan rings is 1. The molecule has 7 nitrogen and oxygen atoms in total. The van der Waals surface area contributed by atoms with Gasteiger partial charge in [-0.1, -0.05) is 37.3 Å². The Morgan fingerprint density at radius 1 is 1.15 bits per heavy atom. The molecule has 2 atom stereocenters. The monoisotopic (exact) mass is 366 g/mol. The van der Waals surface area contributed by atoms with Crippen LogP contribution in [0.5, 0.6) is 0 Å². The average Bonchev–Trinajstić information content (AvgIpc) is 3.38. The van der Waals surface area contributed by atoms with Crippen molar-refractivity contribution in [2.24, 2.45) is 0 Å². The SMILES string of the molecule is CC[C@@H](NC(=O)[C@@H](C)NC(=O)c1ccco1)c1ncc(-c2ccccc2)[nH]1. The van der Waals surface area contributed by atoms with E-state index in [0.29, 0.717) is 12.2 Å². The number of nitrogens with one attached hydrogen (secondary N) is 3. The van der Waals surface area contributed by atoms with Crippen LogP contribution in [0.25, 0.3) is 11.3 Å². The number of aromatic nitrogens is 2. The van der Waals surface area contributed by atoms with E-state index in [1.54, 1.807) is 25.3 Å². The van der Waals surface area contributed by atoms with Gasteiger partial charge in [0.25, 0.3) is 5.91 Å². The standard InChI is InChI=1S/C20H22N4O3/c1-3-15(18-21-12-16(23-18)14-8-5-4-6-9-14)24-19(25)13(2)22-20(26)17-10-7-11-27-17/h4-13,15H,3H2,1-2H3,(H,21,23)(H,22,26)(H,24,25)/t13-,15-/m1/s1. The number of carbonyl (C=O) groups excluding carboxylic acids is 2. The maximum absolute atomic E-state index is 12.5. The molecule has 3 rings (SSSR count). The van der Waals surface area contributed by atoms with Crippen molar-refractivity contribution in [3.8, 4) is 11.3 Å². The Hall–Kier alpha value is -3.35. The molecule has 0 spiro atoms. The van der Waals surface area contributed by atoms with Crippen LogP contribution < -0.4 is 10.6 Å². The number of H-pyrrole nitrogens is 1. The minimum atomic E-state index is -0.708. The van der Waals surface area contributed by atoms with Crippen molar-refractivity contribution in [3.05, 3.63) is 66.5 Å². The number of nitrogens with zero attached hydrogens (tertiary/aromatic N) is 1. The second-order valence-corrected chi connectivity index (χ2v) is 6.19. The second kappa shape index (κ2) is 8.35. The smallest absolute Gasteiger partial charge is 0.287 e. The van der Waals surface area contributed by atoms with Gasteiger partial charge in [-0.3, -0.25) is 9.59 Å². The third-order valence-corrected chi connectivity index (χ3v) is 4.22. The number of benzene rings is 1. The van der Waals surface area contributed by atoms with Crippen LogP contribution in [0.3, 0.4) is 0 Å². The molecule has 0 aliphatic heterocycles. The Labute approximate surface area is 157 Å². The topological polar surface area (TPSA) is 100 Å². The molecule has 27 heavy (non-hydrogen) atoms. The van der Waals surface area contributed by atoms with E-state index in [1.165, 1.54) is 6.26 Å². The van der Waals surface area contributed by atoms with E-state index >= 15 is 0 Å². The number of amides is 2. The van der Waals surface area contributed by atoms with Crippen LogP contribution in [-0.2, 0) is 4.79 Å². The summed E-state index contributed by atoms with van der Waals surface area (Å²) in [6.07, 6.45) is 3.82. The van der Waals surface area contributed by atoms with Gasteiger partial charge in [-0.05, 0) is 31.0 Å². The molecule has 0 radical (unpaired) electrons. The number of carbonyl (C=O) groups is 2. The van der Waals surface area contributed by atoms with Crippen LogP contribution in [0.2, 0.25) is 0 Å². The van der Waals surface area contributed by atoms with Crippen molar-refractivity contribution in [1.29, 1.82) is 0 Å². The Morgan fingerprint density at radius 2 is 1.93 bits per heavy atom. The molecule has 2 aromatic heterocycles. The highest BCUT2D eigenvalue weighted by Gasteiger charge is 2.22. The van der Waals surface area contributed by atoms with Crippen LogP contribution in [-0.4, -0.2) is 27.8 Å². The van der Waals surface area contributed by atoms with Gasteiger partial charge in [0.1, 0.15) is 11.9 Å². The Morgan fingerprint density at radius 3 is 2.59 bits per heavy atom. The van der Waals surface area contributed by atoms with Crippen molar-refractivity contribution in [3.63, 3.8) is 0 Å². The predicted molar refractivity (Wildman–Crippen MR) is 101 cm³/mol. The van der Waals surface area contributed by atoms with Crippen LogP contribution >= 0.6 is 0 Å². The van der Waals surface area contributed by atoms with Gasteiger partial charge in [-0.25, -0.2) is 4.98 Å². The molecule has 0 unspecified atom stereocenters. The van der Waals surface area contributed by atoms with Gasteiger partial charge >= 0.3 is 0 Å². The first kappa shape index (κ1) is 18.4. The fourth-order valence-electron chi connectivity index (χ4n) is 2.68. The van der Waals surface area contributed by atoms with Gasteiger partial charge in [-0.15, -0.1) is 0 Å². The molecule has 0 fully saturated rings. The van der Waals surface area contributed by atoms with Crippen molar-refractivity contribution in [2.45, 2.75) is 32.4 Å². The molecule has 0 saturated carbocycles. The van der Waals surface area contributed by atoms with Gasteiger partial charge in [0, 0.05) is 0 Å². The summed E-state index contributed by atoms with van der Waals surface area (Å²) in [6.45, 7) is 3.59. The van der Waals surface area contributed by atoms with E-state index in [0.717, 1.165) is 11.3 Å². The normalized spacial score (nSPS) is 13.0. The first-order valence-corrected chi connectivity index (χ1v) is 8.83. The molecule has 0 aliphatic carbocycles. The predicted octanol–water partition coefficient (Wildman–Crippen LogP) is 3.06. The number of imidazole rings is 1. The maximum Gasteiger partial charge on any atom is 0.287 e. The van der Waals surface area contributed by atoms with Crippen LogP contribution in [0, 0.1) is 0 Å². The summed E-state index contributed by atoms with van der Waals surface area (Å²) in [4.78, 5) is 32.1. The zero-order valence-corrected chi connectivity index (χ0v) is 15.2. The van der Waals surface area contributed by atoms with E-state index in [-0.39, 0.29) is 17.7 Å². The molecule has 2 heterocycles. The Kier molecular flexibility index (Phi) is 5.71. The van der Waals surface area contributed by atoms with Gasteiger partial charge < -0.3 is 20.0 Å². The lowest BCUT2D eigenvalue weighted by Gasteiger charge is -2.19. The largest absolute Gasteiger partial charge is 0.459 e. The minimum Gasteiger partial charge on any atom is -0.459 e. The van der Waals surface area contributed by atoms with E-state index in [1.807, 2.05) is 37.3 Å². The third kappa shape index (κ3) is 4.44. The summed E-state index contributed by atoms with van der Waals surface area (Å²) < 4.78 is 5.03. The van der Waals surface area contributed by atoms with Crippen molar-refractivity contribution >= 4 is 11.8 Å². The quantitative estimate of drug-likeness (QED) is 0.598.